The van der Waals surface area contributed by atoms with Crippen molar-refractivity contribution in [3.63, 3.8) is 0 Å². The highest BCUT2D eigenvalue weighted by Gasteiger charge is 2.18. The highest BCUT2D eigenvalue weighted by molar-refractivity contribution is 5.95. The fraction of sp³-hybridized carbons (Fsp3) is 0.364. The van der Waals surface area contributed by atoms with Gasteiger partial charge in [0.05, 0.1) is 6.54 Å². The number of rotatable bonds is 6. The van der Waals surface area contributed by atoms with Gasteiger partial charge >= 0.3 is 0 Å². The summed E-state index contributed by atoms with van der Waals surface area (Å²) >= 11 is 0. The van der Waals surface area contributed by atoms with E-state index in [2.05, 4.69) is 36.7 Å². The Morgan fingerprint density at radius 2 is 1.63 bits per heavy atom. The van der Waals surface area contributed by atoms with Crippen LogP contribution in [-0.4, -0.2) is 18.4 Å². The standard InChI is InChI=1S/C22H29N3O2/c1-6-20(26)24-16-12-11-15(2)19(13-16)23-14-21(27)25-18-10-8-7-9-17(18)22(3,4)5/h7-13,23H,6,14H2,1-5H3,(H,24,26)(H,25,27). The molecule has 0 aliphatic carbocycles. The van der Waals surface area contributed by atoms with Crippen molar-refractivity contribution in [2.24, 2.45) is 0 Å². The first-order chi connectivity index (χ1) is 12.7. The van der Waals surface area contributed by atoms with E-state index in [1.54, 1.807) is 0 Å². The van der Waals surface area contributed by atoms with Crippen molar-refractivity contribution in [1.82, 2.24) is 0 Å². The van der Waals surface area contributed by atoms with Crippen LogP contribution in [0.4, 0.5) is 17.1 Å². The van der Waals surface area contributed by atoms with Crippen LogP contribution >= 0.6 is 0 Å². The molecule has 2 amide bonds. The highest BCUT2D eigenvalue weighted by atomic mass is 16.2. The van der Waals surface area contributed by atoms with E-state index in [9.17, 15) is 9.59 Å². The van der Waals surface area contributed by atoms with Crippen molar-refractivity contribution >= 4 is 28.9 Å². The van der Waals surface area contributed by atoms with Gasteiger partial charge in [-0.3, -0.25) is 9.59 Å². The van der Waals surface area contributed by atoms with Gasteiger partial charge in [-0.2, -0.15) is 0 Å². The molecular weight excluding hydrogens is 338 g/mol. The second-order valence-electron chi connectivity index (χ2n) is 7.63. The topological polar surface area (TPSA) is 70.2 Å². The molecule has 0 unspecified atom stereocenters. The molecule has 0 fully saturated rings. The second-order valence-corrected chi connectivity index (χ2v) is 7.63. The number of benzene rings is 2. The lowest BCUT2D eigenvalue weighted by Crippen LogP contribution is -2.24. The van der Waals surface area contributed by atoms with Crippen LogP contribution in [0.1, 0.15) is 45.2 Å². The van der Waals surface area contributed by atoms with E-state index in [0.717, 1.165) is 22.5 Å². The molecule has 2 aromatic carbocycles. The Morgan fingerprint density at radius 1 is 0.926 bits per heavy atom. The first kappa shape index (κ1) is 20.5. The number of aryl methyl sites for hydroxylation is 1. The molecule has 3 N–H and O–H groups in total. The van der Waals surface area contributed by atoms with Gasteiger partial charge in [0.15, 0.2) is 0 Å². The lowest BCUT2D eigenvalue weighted by Gasteiger charge is -2.23. The minimum Gasteiger partial charge on any atom is -0.376 e. The molecule has 5 heteroatoms. The molecule has 0 saturated heterocycles. The fourth-order valence-electron chi connectivity index (χ4n) is 2.76. The van der Waals surface area contributed by atoms with Crippen LogP contribution < -0.4 is 16.0 Å². The van der Waals surface area contributed by atoms with Crippen LogP contribution in [0.5, 0.6) is 0 Å². The summed E-state index contributed by atoms with van der Waals surface area (Å²) in [7, 11) is 0. The van der Waals surface area contributed by atoms with E-state index in [1.807, 2.05) is 56.3 Å². The fourth-order valence-corrected chi connectivity index (χ4v) is 2.76. The lowest BCUT2D eigenvalue weighted by atomic mass is 9.86. The van der Waals surface area contributed by atoms with Gasteiger partial charge in [0.2, 0.25) is 11.8 Å². The molecule has 0 aromatic heterocycles. The Balaban J connectivity index is 2.04. The Morgan fingerprint density at radius 3 is 2.30 bits per heavy atom. The van der Waals surface area contributed by atoms with Crippen LogP contribution in [0.3, 0.4) is 0 Å². The SMILES string of the molecule is CCC(=O)Nc1ccc(C)c(NCC(=O)Nc2ccccc2C(C)(C)C)c1. The van der Waals surface area contributed by atoms with Gasteiger partial charge in [-0.05, 0) is 41.7 Å². The smallest absolute Gasteiger partial charge is 0.243 e. The van der Waals surface area contributed by atoms with E-state index in [0.29, 0.717) is 12.1 Å². The van der Waals surface area contributed by atoms with Crippen molar-refractivity contribution in [2.75, 3.05) is 22.5 Å². The molecule has 5 nitrogen and oxygen atoms in total. The van der Waals surface area contributed by atoms with E-state index >= 15 is 0 Å². The summed E-state index contributed by atoms with van der Waals surface area (Å²) in [6, 6.07) is 13.5. The molecule has 0 spiro atoms. The monoisotopic (exact) mass is 367 g/mol. The molecule has 0 aliphatic rings. The van der Waals surface area contributed by atoms with Gasteiger partial charge in [0.25, 0.3) is 0 Å². The molecule has 0 atom stereocenters. The number of carbonyl (C=O) groups is 2. The quantitative estimate of drug-likeness (QED) is 0.693. The zero-order valence-electron chi connectivity index (χ0n) is 16.8. The average Bonchev–Trinajstić information content (AvgIpc) is 2.61. The third kappa shape index (κ3) is 5.84. The summed E-state index contributed by atoms with van der Waals surface area (Å²) in [6.07, 6.45) is 0.423. The first-order valence-corrected chi connectivity index (χ1v) is 9.24. The summed E-state index contributed by atoms with van der Waals surface area (Å²) in [6.45, 7) is 10.3. The predicted octanol–water partition coefficient (Wildman–Crippen LogP) is 4.69. The summed E-state index contributed by atoms with van der Waals surface area (Å²) < 4.78 is 0. The van der Waals surface area contributed by atoms with E-state index in [1.165, 1.54) is 0 Å². The molecule has 0 heterocycles. The maximum atomic E-state index is 12.4. The molecule has 2 aromatic rings. The number of anilines is 3. The average molecular weight is 367 g/mol. The first-order valence-electron chi connectivity index (χ1n) is 9.24. The molecule has 0 radical (unpaired) electrons. The van der Waals surface area contributed by atoms with Gasteiger partial charge in [0, 0.05) is 23.5 Å². The van der Waals surface area contributed by atoms with Crippen LogP contribution in [0, 0.1) is 6.92 Å². The van der Waals surface area contributed by atoms with Gasteiger partial charge in [-0.15, -0.1) is 0 Å². The molecule has 27 heavy (non-hydrogen) atoms. The Bertz CT molecular complexity index is 823. The number of hydrogen-bond donors (Lipinski definition) is 3. The number of amides is 2. The predicted molar refractivity (Wildman–Crippen MR) is 112 cm³/mol. The van der Waals surface area contributed by atoms with Crippen LogP contribution in [0.15, 0.2) is 42.5 Å². The van der Waals surface area contributed by atoms with Crippen molar-refractivity contribution in [3.8, 4) is 0 Å². The normalized spacial score (nSPS) is 11.0. The van der Waals surface area contributed by atoms with Gasteiger partial charge < -0.3 is 16.0 Å². The summed E-state index contributed by atoms with van der Waals surface area (Å²) in [4.78, 5) is 24.0. The van der Waals surface area contributed by atoms with Crippen molar-refractivity contribution in [2.45, 2.75) is 46.5 Å². The summed E-state index contributed by atoms with van der Waals surface area (Å²) in [5.74, 6) is -0.157. The van der Waals surface area contributed by atoms with E-state index in [-0.39, 0.29) is 23.8 Å². The molecule has 2 rings (SSSR count). The Labute approximate surface area is 161 Å². The van der Waals surface area contributed by atoms with Gasteiger partial charge in [-0.1, -0.05) is 52.0 Å². The molecule has 0 aliphatic heterocycles. The molecule has 144 valence electrons. The van der Waals surface area contributed by atoms with Crippen LogP contribution in [-0.2, 0) is 15.0 Å². The van der Waals surface area contributed by atoms with Crippen LogP contribution in [0.25, 0.3) is 0 Å². The van der Waals surface area contributed by atoms with E-state index in [4.69, 9.17) is 0 Å². The number of nitrogens with one attached hydrogen (secondary N) is 3. The van der Waals surface area contributed by atoms with E-state index < -0.39 is 0 Å². The zero-order chi connectivity index (χ0) is 20.0. The maximum Gasteiger partial charge on any atom is 0.243 e. The van der Waals surface area contributed by atoms with Crippen molar-refractivity contribution in [3.05, 3.63) is 53.6 Å². The minimum absolute atomic E-state index is 0.0404. The maximum absolute atomic E-state index is 12.4. The molecule has 0 bridgehead atoms. The zero-order valence-corrected chi connectivity index (χ0v) is 16.8. The summed E-state index contributed by atoms with van der Waals surface area (Å²) in [5.41, 5.74) is 4.42. The minimum atomic E-state index is -0.117. The molecule has 0 saturated carbocycles. The van der Waals surface area contributed by atoms with Crippen molar-refractivity contribution in [1.29, 1.82) is 0 Å². The second kappa shape index (κ2) is 8.71. The number of para-hydroxylation sites is 1. The third-order valence-corrected chi connectivity index (χ3v) is 4.29. The summed E-state index contributed by atoms with van der Waals surface area (Å²) in [5, 5.41) is 8.98. The molecular formula is C22H29N3O2. The lowest BCUT2D eigenvalue weighted by molar-refractivity contribution is -0.116. The van der Waals surface area contributed by atoms with Gasteiger partial charge in [-0.25, -0.2) is 0 Å². The van der Waals surface area contributed by atoms with Crippen LogP contribution in [0.2, 0.25) is 0 Å². The Hall–Kier alpha value is -2.82. The Kier molecular flexibility index (Phi) is 6.61. The van der Waals surface area contributed by atoms with Crippen molar-refractivity contribution < 1.29 is 9.59 Å². The number of hydrogen-bond acceptors (Lipinski definition) is 3. The third-order valence-electron chi connectivity index (χ3n) is 4.29. The number of carbonyl (C=O) groups excluding carboxylic acids is 2. The largest absolute Gasteiger partial charge is 0.376 e. The van der Waals surface area contributed by atoms with Gasteiger partial charge in [0.1, 0.15) is 0 Å². The highest BCUT2D eigenvalue weighted by Crippen LogP contribution is 2.29.